The summed E-state index contributed by atoms with van der Waals surface area (Å²) in [7, 11) is 1.80. The van der Waals surface area contributed by atoms with E-state index in [1.807, 2.05) is 19.9 Å². The molecule has 0 radical (unpaired) electrons. The fourth-order valence-corrected chi connectivity index (χ4v) is 3.32. The lowest BCUT2D eigenvalue weighted by Gasteiger charge is -2.13. The van der Waals surface area contributed by atoms with Gasteiger partial charge in [-0.05, 0) is 45.4 Å². The molecule has 152 valence electrons. The molecule has 8 heteroatoms. The van der Waals surface area contributed by atoms with Gasteiger partial charge in [0.25, 0.3) is 0 Å². The minimum absolute atomic E-state index is 0. The van der Waals surface area contributed by atoms with Crippen molar-refractivity contribution in [2.45, 2.75) is 40.3 Å². The lowest BCUT2D eigenvalue weighted by atomic mass is 10.3. The summed E-state index contributed by atoms with van der Waals surface area (Å²) in [5.74, 6) is 1.86. The molecule has 0 unspecified atom stereocenters. The molecule has 3 aromatic rings. The highest BCUT2D eigenvalue weighted by atomic mass is 127. The lowest BCUT2D eigenvalue weighted by Crippen LogP contribution is -2.39. The van der Waals surface area contributed by atoms with Crippen LogP contribution in [0.5, 0.6) is 0 Å². The Balaban J connectivity index is 0.00000280. The first-order valence-electron chi connectivity index (χ1n) is 9.46. The predicted octanol–water partition coefficient (Wildman–Crippen LogP) is 3.03. The van der Waals surface area contributed by atoms with Gasteiger partial charge in [-0.3, -0.25) is 9.67 Å². The van der Waals surface area contributed by atoms with Gasteiger partial charge in [0, 0.05) is 38.9 Å². The third-order valence-electron chi connectivity index (χ3n) is 4.64. The maximum Gasteiger partial charge on any atom is 0.191 e. The standard InChI is InChI=1S/C20H29N7.HI/c1-15-14-16(2)27(25-15)12-7-10-22-20(21-4)23-11-13-26-17(3)24-18-8-5-6-9-19(18)26;/h5-6,8-9,14H,7,10-13H2,1-4H3,(H2,21,22,23);1H. The molecule has 0 amide bonds. The first kappa shape index (κ1) is 22.2. The van der Waals surface area contributed by atoms with Crippen LogP contribution in [0.2, 0.25) is 0 Å². The maximum atomic E-state index is 4.61. The number of fused-ring (bicyclic) bond motifs is 1. The molecule has 2 heterocycles. The highest BCUT2D eigenvalue weighted by Gasteiger charge is 2.06. The Labute approximate surface area is 183 Å². The number of nitrogens with zero attached hydrogens (tertiary/aromatic N) is 5. The molecule has 0 spiro atoms. The number of benzene rings is 1. The topological polar surface area (TPSA) is 72.1 Å². The van der Waals surface area contributed by atoms with Gasteiger partial charge in [-0.25, -0.2) is 4.98 Å². The molecule has 0 bridgehead atoms. The van der Waals surface area contributed by atoms with Crippen molar-refractivity contribution in [1.82, 2.24) is 30.0 Å². The van der Waals surface area contributed by atoms with Gasteiger partial charge < -0.3 is 15.2 Å². The highest BCUT2D eigenvalue weighted by molar-refractivity contribution is 14.0. The highest BCUT2D eigenvalue weighted by Crippen LogP contribution is 2.14. The smallest absolute Gasteiger partial charge is 0.191 e. The number of aromatic nitrogens is 4. The van der Waals surface area contributed by atoms with Crippen LogP contribution < -0.4 is 10.6 Å². The van der Waals surface area contributed by atoms with Crippen LogP contribution in [0.15, 0.2) is 35.3 Å². The average molecular weight is 495 g/mol. The van der Waals surface area contributed by atoms with Crippen LogP contribution in [0.3, 0.4) is 0 Å². The molecule has 0 aliphatic carbocycles. The summed E-state index contributed by atoms with van der Waals surface area (Å²) in [6.45, 7) is 9.56. The first-order chi connectivity index (χ1) is 13.1. The largest absolute Gasteiger partial charge is 0.356 e. The number of hydrogen-bond donors (Lipinski definition) is 2. The van der Waals surface area contributed by atoms with E-state index < -0.39 is 0 Å². The van der Waals surface area contributed by atoms with E-state index in [9.17, 15) is 0 Å². The van der Waals surface area contributed by atoms with Crippen LogP contribution >= 0.6 is 24.0 Å². The minimum Gasteiger partial charge on any atom is -0.356 e. The van der Waals surface area contributed by atoms with Crippen LogP contribution in [0.25, 0.3) is 11.0 Å². The Hall–Kier alpha value is -2.10. The Morgan fingerprint density at radius 2 is 1.82 bits per heavy atom. The van der Waals surface area contributed by atoms with Crippen molar-refractivity contribution < 1.29 is 0 Å². The van der Waals surface area contributed by atoms with Gasteiger partial charge in [-0.1, -0.05) is 12.1 Å². The molecule has 3 rings (SSSR count). The molecule has 1 aromatic carbocycles. The number of nitrogens with one attached hydrogen (secondary N) is 2. The van der Waals surface area contributed by atoms with Crippen LogP contribution in [0.4, 0.5) is 0 Å². The van der Waals surface area contributed by atoms with E-state index in [4.69, 9.17) is 0 Å². The van der Waals surface area contributed by atoms with Gasteiger partial charge in [-0.15, -0.1) is 24.0 Å². The predicted molar refractivity (Wildman–Crippen MR) is 126 cm³/mol. The van der Waals surface area contributed by atoms with Gasteiger partial charge in [0.2, 0.25) is 0 Å². The van der Waals surface area contributed by atoms with Crippen LogP contribution in [-0.4, -0.2) is 45.4 Å². The second kappa shape index (κ2) is 10.4. The quantitative estimate of drug-likeness (QED) is 0.229. The monoisotopic (exact) mass is 495 g/mol. The third-order valence-corrected chi connectivity index (χ3v) is 4.64. The maximum absolute atomic E-state index is 4.61. The lowest BCUT2D eigenvalue weighted by molar-refractivity contribution is 0.554. The second-order valence-electron chi connectivity index (χ2n) is 6.73. The second-order valence-corrected chi connectivity index (χ2v) is 6.73. The number of halogens is 1. The Bertz CT molecular complexity index is 926. The van der Waals surface area contributed by atoms with Crippen molar-refractivity contribution in [2.24, 2.45) is 4.99 Å². The fraction of sp³-hybridized carbons (Fsp3) is 0.450. The Morgan fingerprint density at radius 1 is 1.07 bits per heavy atom. The Morgan fingerprint density at radius 3 is 2.54 bits per heavy atom. The third kappa shape index (κ3) is 5.46. The van der Waals surface area contributed by atoms with Gasteiger partial charge in [0.05, 0.1) is 16.7 Å². The molecular weight excluding hydrogens is 465 g/mol. The van der Waals surface area contributed by atoms with Gasteiger partial charge in [0.15, 0.2) is 5.96 Å². The van der Waals surface area contributed by atoms with Crippen molar-refractivity contribution in [1.29, 1.82) is 0 Å². The summed E-state index contributed by atoms with van der Waals surface area (Å²) in [5, 5.41) is 11.2. The number of aryl methyl sites for hydroxylation is 4. The molecule has 0 saturated heterocycles. The Kier molecular flexibility index (Phi) is 8.28. The molecular formula is C20H30IN7. The van der Waals surface area contributed by atoms with E-state index >= 15 is 0 Å². The molecule has 0 fully saturated rings. The summed E-state index contributed by atoms with van der Waals surface area (Å²) in [4.78, 5) is 8.92. The van der Waals surface area contributed by atoms with Crippen molar-refractivity contribution in [3.63, 3.8) is 0 Å². The molecule has 0 aliphatic heterocycles. The number of imidazole rings is 1. The molecule has 2 N–H and O–H groups in total. The summed E-state index contributed by atoms with van der Waals surface area (Å²) in [6.07, 6.45) is 0.994. The van der Waals surface area contributed by atoms with Crippen molar-refractivity contribution in [3.05, 3.63) is 47.5 Å². The summed E-state index contributed by atoms with van der Waals surface area (Å²) in [6, 6.07) is 10.3. The SMILES string of the molecule is CN=C(NCCCn1nc(C)cc1C)NCCn1c(C)nc2ccccc21.I. The van der Waals surface area contributed by atoms with Crippen LogP contribution in [-0.2, 0) is 13.1 Å². The number of hydrogen-bond acceptors (Lipinski definition) is 3. The summed E-state index contributed by atoms with van der Waals surface area (Å²) < 4.78 is 4.29. The van der Waals surface area contributed by atoms with Gasteiger partial charge in [0.1, 0.15) is 5.82 Å². The van der Waals surface area contributed by atoms with Crippen molar-refractivity contribution in [2.75, 3.05) is 20.1 Å². The van der Waals surface area contributed by atoms with E-state index in [1.54, 1.807) is 7.05 Å². The molecule has 0 saturated carbocycles. The van der Waals surface area contributed by atoms with E-state index in [1.165, 1.54) is 11.2 Å². The summed E-state index contributed by atoms with van der Waals surface area (Å²) in [5.41, 5.74) is 4.49. The van der Waals surface area contributed by atoms with E-state index in [0.29, 0.717) is 0 Å². The number of guanidine groups is 1. The molecule has 28 heavy (non-hydrogen) atoms. The summed E-state index contributed by atoms with van der Waals surface area (Å²) >= 11 is 0. The zero-order valence-corrected chi connectivity index (χ0v) is 19.4. The van der Waals surface area contributed by atoms with Crippen LogP contribution in [0.1, 0.15) is 23.6 Å². The van der Waals surface area contributed by atoms with Crippen molar-refractivity contribution >= 4 is 41.0 Å². The first-order valence-corrected chi connectivity index (χ1v) is 9.46. The minimum atomic E-state index is 0. The number of aliphatic imine (C=N–C) groups is 1. The van der Waals surface area contributed by atoms with Gasteiger partial charge >= 0.3 is 0 Å². The van der Waals surface area contributed by atoms with E-state index in [-0.39, 0.29) is 24.0 Å². The molecule has 0 atom stereocenters. The number of para-hydroxylation sites is 2. The zero-order valence-electron chi connectivity index (χ0n) is 17.1. The molecule has 7 nitrogen and oxygen atoms in total. The van der Waals surface area contributed by atoms with Crippen LogP contribution in [0, 0.1) is 20.8 Å². The fourth-order valence-electron chi connectivity index (χ4n) is 3.32. The normalized spacial score (nSPS) is 11.5. The van der Waals surface area contributed by atoms with E-state index in [0.717, 1.165) is 55.6 Å². The number of rotatable bonds is 7. The molecule has 2 aromatic heterocycles. The van der Waals surface area contributed by atoms with Gasteiger partial charge in [-0.2, -0.15) is 5.10 Å². The zero-order chi connectivity index (χ0) is 19.2. The molecule has 0 aliphatic rings. The van der Waals surface area contributed by atoms with E-state index in [2.05, 4.69) is 66.1 Å². The van der Waals surface area contributed by atoms with Crippen molar-refractivity contribution in [3.8, 4) is 0 Å². The average Bonchev–Trinajstić information content (AvgIpc) is 3.15.